The van der Waals surface area contributed by atoms with E-state index in [9.17, 15) is 15.0 Å². The van der Waals surface area contributed by atoms with E-state index < -0.39 is 11.2 Å². The molecule has 0 radical (unpaired) electrons. The first-order valence-corrected chi connectivity index (χ1v) is 8.63. The molecule has 1 heterocycles. The minimum absolute atomic E-state index is 0.153. The molecule has 3 rings (SSSR count). The molecule has 0 aliphatic carbocycles. The van der Waals surface area contributed by atoms with Crippen molar-refractivity contribution in [1.29, 1.82) is 0 Å². The quantitative estimate of drug-likeness (QED) is 0.566. The number of thiazole rings is 1. The molecule has 0 fully saturated rings. The Kier molecular flexibility index (Phi) is 4.80. The minimum Gasteiger partial charge on any atom is -0.508 e. The first-order chi connectivity index (χ1) is 11.5. The van der Waals surface area contributed by atoms with E-state index in [1.807, 2.05) is 12.1 Å². The molecule has 3 aromatic rings. The fourth-order valence-corrected chi connectivity index (χ4v) is 3.59. The topological polar surface area (TPSA) is 70.4 Å². The summed E-state index contributed by atoms with van der Waals surface area (Å²) in [6.45, 7) is 0. The number of nitrogens with zero attached hydrogens (tertiary/aromatic N) is 1. The number of carboxylic acid groups (broad SMARTS) is 1. The molecule has 2 aromatic carbocycles. The van der Waals surface area contributed by atoms with Gasteiger partial charge in [0.25, 0.3) is 0 Å². The summed E-state index contributed by atoms with van der Waals surface area (Å²) in [7, 11) is 0. The zero-order valence-corrected chi connectivity index (χ0v) is 14.6. The Morgan fingerprint density at radius 3 is 2.25 bits per heavy atom. The van der Waals surface area contributed by atoms with Crippen LogP contribution in [0.25, 0.3) is 21.7 Å². The van der Waals surface area contributed by atoms with Crippen LogP contribution in [-0.2, 0) is 4.79 Å². The van der Waals surface area contributed by atoms with Crippen LogP contribution in [0.1, 0.15) is 10.3 Å². The van der Waals surface area contributed by atoms with Gasteiger partial charge >= 0.3 is 5.97 Å². The summed E-state index contributed by atoms with van der Waals surface area (Å²) in [6, 6.07) is 13.9. The molecule has 4 nitrogen and oxygen atoms in total. The third-order valence-corrected chi connectivity index (χ3v) is 5.42. The summed E-state index contributed by atoms with van der Waals surface area (Å²) in [4.78, 5) is 16.5. The fourth-order valence-electron chi connectivity index (χ4n) is 2.17. The van der Waals surface area contributed by atoms with Crippen LogP contribution in [0.15, 0.2) is 48.5 Å². The molecule has 0 spiro atoms. The van der Waals surface area contributed by atoms with Gasteiger partial charge in [-0.2, -0.15) is 12.6 Å². The van der Waals surface area contributed by atoms with E-state index in [0.717, 1.165) is 16.0 Å². The second-order valence-corrected chi connectivity index (χ2v) is 7.01. The van der Waals surface area contributed by atoms with Gasteiger partial charge in [-0.3, -0.25) is 4.79 Å². The van der Waals surface area contributed by atoms with E-state index in [1.165, 1.54) is 11.3 Å². The Bertz CT molecular complexity index is 813. The highest BCUT2D eigenvalue weighted by Gasteiger charge is 2.23. The number of carbonyl (C=O) groups is 1. The van der Waals surface area contributed by atoms with Gasteiger partial charge in [-0.05, 0) is 42.0 Å². The van der Waals surface area contributed by atoms with Gasteiger partial charge in [-0.1, -0.05) is 23.7 Å². The van der Waals surface area contributed by atoms with Crippen molar-refractivity contribution in [3.63, 3.8) is 0 Å². The van der Waals surface area contributed by atoms with Crippen molar-refractivity contribution >= 4 is 41.5 Å². The molecule has 1 unspecified atom stereocenters. The van der Waals surface area contributed by atoms with Crippen molar-refractivity contribution in [2.24, 2.45) is 0 Å². The van der Waals surface area contributed by atoms with E-state index in [-0.39, 0.29) is 5.75 Å². The summed E-state index contributed by atoms with van der Waals surface area (Å²) >= 11 is 11.3. The number of benzene rings is 2. The maximum atomic E-state index is 11.2. The summed E-state index contributed by atoms with van der Waals surface area (Å²) < 4.78 is 0. The highest BCUT2D eigenvalue weighted by atomic mass is 35.5. The largest absolute Gasteiger partial charge is 0.508 e. The minimum atomic E-state index is -1.05. The zero-order valence-electron chi connectivity index (χ0n) is 12.2. The van der Waals surface area contributed by atoms with Crippen molar-refractivity contribution in [3.8, 4) is 27.4 Å². The molecule has 122 valence electrons. The summed E-state index contributed by atoms with van der Waals surface area (Å²) in [6.07, 6.45) is 0. The Hall–Kier alpha value is -2.02. The lowest BCUT2D eigenvalue weighted by Gasteiger charge is -2.03. The van der Waals surface area contributed by atoms with Crippen LogP contribution in [0.3, 0.4) is 0 Å². The predicted molar refractivity (Wildman–Crippen MR) is 99.0 cm³/mol. The van der Waals surface area contributed by atoms with Gasteiger partial charge in [-0.15, -0.1) is 11.3 Å². The predicted octanol–water partition coefficient (Wildman–Crippen LogP) is 4.89. The second-order valence-electron chi connectivity index (χ2n) is 5.02. The van der Waals surface area contributed by atoms with Crippen molar-refractivity contribution in [1.82, 2.24) is 4.98 Å². The van der Waals surface area contributed by atoms with Gasteiger partial charge < -0.3 is 10.2 Å². The number of rotatable bonds is 4. The number of carboxylic acids is 1. The molecule has 0 saturated heterocycles. The SMILES string of the molecule is O=C(O)C(S)c1nc(-c2ccc(O)cc2)c(-c2ccc(Cl)cc2)s1. The average Bonchev–Trinajstić information content (AvgIpc) is 3.00. The van der Waals surface area contributed by atoms with Crippen LogP contribution < -0.4 is 0 Å². The Labute approximate surface area is 152 Å². The van der Waals surface area contributed by atoms with Crippen molar-refractivity contribution < 1.29 is 15.0 Å². The van der Waals surface area contributed by atoms with E-state index in [4.69, 9.17) is 11.6 Å². The average molecular weight is 378 g/mol. The van der Waals surface area contributed by atoms with Crippen molar-refractivity contribution in [2.75, 3.05) is 0 Å². The van der Waals surface area contributed by atoms with Crippen molar-refractivity contribution in [3.05, 3.63) is 58.6 Å². The van der Waals surface area contributed by atoms with E-state index in [0.29, 0.717) is 15.7 Å². The van der Waals surface area contributed by atoms with E-state index in [1.54, 1.807) is 36.4 Å². The lowest BCUT2D eigenvalue weighted by atomic mass is 10.1. The van der Waals surface area contributed by atoms with Gasteiger partial charge in [0.2, 0.25) is 0 Å². The van der Waals surface area contributed by atoms with E-state index in [2.05, 4.69) is 17.6 Å². The first kappa shape index (κ1) is 16.8. The van der Waals surface area contributed by atoms with Crippen LogP contribution in [-0.4, -0.2) is 21.2 Å². The molecule has 0 aliphatic rings. The van der Waals surface area contributed by atoms with Crippen LogP contribution >= 0.6 is 35.6 Å². The summed E-state index contributed by atoms with van der Waals surface area (Å²) in [5, 5.41) is 18.7. The highest BCUT2D eigenvalue weighted by Crippen LogP contribution is 2.40. The van der Waals surface area contributed by atoms with Crippen LogP contribution in [0.2, 0.25) is 5.02 Å². The molecule has 24 heavy (non-hydrogen) atoms. The third-order valence-electron chi connectivity index (χ3n) is 3.36. The number of hydrogen-bond acceptors (Lipinski definition) is 5. The van der Waals surface area contributed by atoms with Crippen LogP contribution in [0.5, 0.6) is 5.75 Å². The molecule has 0 aliphatic heterocycles. The van der Waals surface area contributed by atoms with Crippen molar-refractivity contribution in [2.45, 2.75) is 5.25 Å². The van der Waals surface area contributed by atoms with Gasteiger partial charge in [0.1, 0.15) is 10.8 Å². The lowest BCUT2D eigenvalue weighted by molar-refractivity contribution is -0.136. The summed E-state index contributed by atoms with van der Waals surface area (Å²) in [5.41, 5.74) is 2.32. The monoisotopic (exact) mass is 377 g/mol. The molecule has 7 heteroatoms. The molecular formula is C17H12ClNO3S2. The summed E-state index contributed by atoms with van der Waals surface area (Å²) in [5.74, 6) is -0.896. The smallest absolute Gasteiger partial charge is 0.323 e. The molecule has 0 bridgehead atoms. The Balaban J connectivity index is 2.16. The third kappa shape index (κ3) is 3.40. The number of thiol groups is 1. The number of hydrogen-bond donors (Lipinski definition) is 3. The van der Waals surface area contributed by atoms with Gasteiger partial charge in [0.05, 0.1) is 10.6 Å². The normalized spacial score (nSPS) is 12.1. The van der Waals surface area contributed by atoms with Crippen LogP contribution in [0, 0.1) is 0 Å². The standard InChI is InChI=1S/C17H12ClNO3S2/c18-11-5-1-10(2-6-11)15-13(9-3-7-12(20)8-4-9)19-16(24-15)14(23)17(21)22/h1-8,14,20,23H,(H,21,22). The second kappa shape index (κ2) is 6.84. The molecular weight excluding hydrogens is 366 g/mol. The number of halogens is 1. The highest BCUT2D eigenvalue weighted by molar-refractivity contribution is 7.81. The molecule has 0 saturated carbocycles. The lowest BCUT2D eigenvalue weighted by Crippen LogP contribution is -2.04. The van der Waals surface area contributed by atoms with Gasteiger partial charge in [0.15, 0.2) is 5.25 Å². The number of phenols is 1. The number of aromatic nitrogens is 1. The maximum Gasteiger partial charge on any atom is 0.323 e. The molecule has 1 atom stereocenters. The van der Waals surface area contributed by atoms with E-state index >= 15 is 0 Å². The molecule has 2 N–H and O–H groups in total. The Morgan fingerprint density at radius 2 is 1.67 bits per heavy atom. The fraction of sp³-hybridized carbons (Fsp3) is 0.0588. The van der Waals surface area contributed by atoms with Gasteiger partial charge in [0, 0.05) is 10.6 Å². The Morgan fingerprint density at radius 1 is 1.08 bits per heavy atom. The molecule has 0 amide bonds. The number of aliphatic carboxylic acids is 1. The number of aromatic hydroxyl groups is 1. The van der Waals surface area contributed by atoms with Crippen LogP contribution in [0.4, 0.5) is 0 Å². The molecule has 1 aromatic heterocycles. The first-order valence-electron chi connectivity index (χ1n) is 6.92. The maximum absolute atomic E-state index is 11.2. The van der Waals surface area contributed by atoms with Gasteiger partial charge in [-0.25, -0.2) is 4.98 Å². The number of phenolic OH excluding ortho intramolecular Hbond substituents is 1. The zero-order chi connectivity index (χ0) is 17.3.